The zero-order chi connectivity index (χ0) is 20.6. The van der Waals surface area contributed by atoms with E-state index in [1.165, 1.54) is 14.0 Å². The van der Waals surface area contributed by atoms with E-state index in [9.17, 15) is 9.59 Å². The van der Waals surface area contributed by atoms with Crippen LogP contribution in [0, 0.1) is 0 Å². The number of carbonyl (C=O) groups is 2. The third kappa shape index (κ3) is 5.35. The summed E-state index contributed by atoms with van der Waals surface area (Å²) in [5.41, 5.74) is 2.93. The first-order valence-corrected chi connectivity index (χ1v) is 9.09. The lowest BCUT2D eigenvalue weighted by Crippen LogP contribution is -2.20. The highest BCUT2D eigenvalue weighted by Crippen LogP contribution is 2.30. The molecule has 0 bridgehead atoms. The zero-order valence-corrected chi connectivity index (χ0v) is 16.3. The van der Waals surface area contributed by atoms with Crippen LogP contribution < -0.4 is 20.1 Å². The Hall–Kier alpha value is -3.80. The lowest BCUT2D eigenvalue weighted by molar-refractivity contribution is -0.118. The molecule has 0 aromatic heterocycles. The second kappa shape index (κ2) is 9.41. The van der Waals surface area contributed by atoms with Crippen LogP contribution in [0.25, 0.3) is 11.1 Å². The third-order valence-electron chi connectivity index (χ3n) is 4.12. The molecule has 2 N–H and O–H groups in total. The number of methoxy groups -OCH3 is 1. The minimum atomic E-state index is -0.313. The van der Waals surface area contributed by atoms with Crippen molar-refractivity contribution in [1.29, 1.82) is 0 Å². The molecule has 0 saturated carbocycles. The molecule has 0 radical (unpaired) electrons. The fourth-order valence-electron chi connectivity index (χ4n) is 2.86. The Morgan fingerprint density at radius 3 is 2.31 bits per heavy atom. The number of carbonyl (C=O) groups excluding carboxylic acids is 2. The maximum absolute atomic E-state index is 12.4. The van der Waals surface area contributed by atoms with E-state index < -0.39 is 0 Å². The molecule has 3 aromatic carbocycles. The Balaban J connectivity index is 1.68. The molecule has 0 spiro atoms. The van der Waals surface area contributed by atoms with Crippen molar-refractivity contribution in [1.82, 2.24) is 0 Å². The average Bonchev–Trinajstić information content (AvgIpc) is 2.73. The summed E-state index contributed by atoms with van der Waals surface area (Å²) in [6.45, 7) is 1.26. The van der Waals surface area contributed by atoms with Gasteiger partial charge in [0, 0.05) is 18.2 Å². The average molecular weight is 390 g/mol. The molecule has 29 heavy (non-hydrogen) atoms. The van der Waals surface area contributed by atoms with Crippen molar-refractivity contribution >= 4 is 23.2 Å². The Morgan fingerprint density at radius 1 is 0.862 bits per heavy atom. The summed E-state index contributed by atoms with van der Waals surface area (Å²) >= 11 is 0. The van der Waals surface area contributed by atoms with Crippen LogP contribution in [-0.2, 0) is 9.59 Å². The molecule has 0 atom stereocenters. The van der Waals surface area contributed by atoms with E-state index in [2.05, 4.69) is 10.6 Å². The second-order valence-corrected chi connectivity index (χ2v) is 6.30. The number of para-hydroxylation sites is 1. The minimum Gasteiger partial charge on any atom is -0.495 e. The maximum Gasteiger partial charge on any atom is 0.262 e. The molecule has 0 heterocycles. The Kier molecular flexibility index (Phi) is 6.47. The lowest BCUT2D eigenvalue weighted by Gasteiger charge is -2.13. The molecule has 0 saturated heterocycles. The molecule has 0 fully saturated rings. The molecule has 6 heteroatoms. The van der Waals surface area contributed by atoms with Crippen molar-refractivity contribution < 1.29 is 19.1 Å². The van der Waals surface area contributed by atoms with Crippen LogP contribution in [0.2, 0.25) is 0 Å². The van der Waals surface area contributed by atoms with Crippen molar-refractivity contribution in [2.24, 2.45) is 0 Å². The van der Waals surface area contributed by atoms with E-state index in [1.807, 2.05) is 54.6 Å². The SMILES string of the molecule is COc1ccc(NC(=O)COc2ccccc2-c2ccccc2)cc1NC(C)=O. The van der Waals surface area contributed by atoms with Crippen LogP contribution in [0.1, 0.15) is 6.92 Å². The van der Waals surface area contributed by atoms with Crippen LogP contribution in [0.3, 0.4) is 0 Å². The fraction of sp³-hybridized carbons (Fsp3) is 0.130. The molecule has 2 amide bonds. The van der Waals surface area contributed by atoms with Crippen LogP contribution in [0.5, 0.6) is 11.5 Å². The van der Waals surface area contributed by atoms with Gasteiger partial charge in [-0.3, -0.25) is 9.59 Å². The van der Waals surface area contributed by atoms with Gasteiger partial charge < -0.3 is 20.1 Å². The highest BCUT2D eigenvalue weighted by Gasteiger charge is 2.11. The van der Waals surface area contributed by atoms with Gasteiger partial charge in [-0.15, -0.1) is 0 Å². The minimum absolute atomic E-state index is 0.147. The first-order chi connectivity index (χ1) is 14.1. The largest absolute Gasteiger partial charge is 0.495 e. The van der Waals surface area contributed by atoms with E-state index in [4.69, 9.17) is 9.47 Å². The molecular formula is C23H22N2O4. The van der Waals surface area contributed by atoms with Gasteiger partial charge in [-0.25, -0.2) is 0 Å². The van der Waals surface area contributed by atoms with E-state index >= 15 is 0 Å². The molecule has 3 rings (SSSR count). The molecule has 6 nitrogen and oxygen atoms in total. The van der Waals surface area contributed by atoms with Gasteiger partial charge in [0.15, 0.2) is 6.61 Å². The number of ether oxygens (including phenoxy) is 2. The Labute approximate surface area is 169 Å². The predicted molar refractivity (Wildman–Crippen MR) is 113 cm³/mol. The third-order valence-corrected chi connectivity index (χ3v) is 4.12. The summed E-state index contributed by atoms with van der Waals surface area (Å²) in [5.74, 6) is 0.591. The van der Waals surface area contributed by atoms with Crippen molar-refractivity contribution in [3.63, 3.8) is 0 Å². The number of amides is 2. The van der Waals surface area contributed by atoms with E-state index in [0.29, 0.717) is 22.9 Å². The van der Waals surface area contributed by atoms with E-state index in [0.717, 1.165) is 11.1 Å². The lowest BCUT2D eigenvalue weighted by atomic mass is 10.1. The summed E-state index contributed by atoms with van der Waals surface area (Å²) in [6, 6.07) is 22.4. The Morgan fingerprint density at radius 2 is 1.59 bits per heavy atom. The summed E-state index contributed by atoms with van der Waals surface area (Å²) < 4.78 is 11.0. The maximum atomic E-state index is 12.4. The fourth-order valence-corrected chi connectivity index (χ4v) is 2.86. The molecule has 0 aliphatic rings. The number of hydrogen-bond donors (Lipinski definition) is 2. The second-order valence-electron chi connectivity index (χ2n) is 6.30. The van der Waals surface area contributed by atoms with Crippen molar-refractivity contribution in [2.75, 3.05) is 24.4 Å². The molecular weight excluding hydrogens is 368 g/mol. The monoisotopic (exact) mass is 390 g/mol. The molecule has 0 unspecified atom stereocenters. The van der Waals surface area contributed by atoms with Gasteiger partial charge in [0.1, 0.15) is 11.5 Å². The van der Waals surface area contributed by atoms with Gasteiger partial charge >= 0.3 is 0 Å². The van der Waals surface area contributed by atoms with Gasteiger partial charge in [-0.05, 0) is 29.8 Å². The Bertz CT molecular complexity index is 1000. The molecule has 148 valence electrons. The predicted octanol–water partition coefficient (Wildman–Crippen LogP) is 4.34. The normalized spacial score (nSPS) is 10.1. The van der Waals surface area contributed by atoms with Crippen LogP contribution >= 0.6 is 0 Å². The number of benzene rings is 3. The molecule has 0 aliphatic carbocycles. The van der Waals surface area contributed by atoms with Gasteiger partial charge in [-0.1, -0.05) is 48.5 Å². The number of rotatable bonds is 7. The summed E-state index contributed by atoms with van der Waals surface area (Å²) in [5, 5.41) is 5.44. The number of hydrogen-bond acceptors (Lipinski definition) is 4. The van der Waals surface area contributed by atoms with Gasteiger partial charge in [-0.2, -0.15) is 0 Å². The summed E-state index contributed by atoms with van der Waals surface area (Å²) in [7, 11) is 1.51. The topological polar surface area (TPSA) is 76.7 Å². The van der Waals surface area contributed by atoms with Crippen molar-refractivity contribution in [3.8, 4) is 22.6 Å². The summed E-state index contributed by atoms with van der Waals surface area (Å²) in [6.07, 6.45) is 0. The first kappa shape index (κ1) is 19.9. The van der Waals surface area contributed by atoms with Gasteiger partial charge in [0.25, 0.3) is 5.91 Å². The van der Waals surface area contributed by atoms with Crippen LogP contribution in [-0.4, -0.2) is 25.5 Å². The van der Waals surface area contributed by atoms with Crippen LogP contribution in [0.15, 0.2) is 72.8 Å². The number of anilines is 2. The first-order valence-electron chi connectivity index (χ1n) is 9.09. The van der Waals surface area contributed by atoms with Gasteiger partial charge in [0.2, 0.25) is 5.91 Å². The van der Waals surface area contributed by atoms with Crippen LogP contribution in [0.4, 0.5) is 11.4 Å². The van der Waals surface area contributed by atoms with E-state index in [1.54, 1.807) is 18.2 Å². The standard InChI is InChI=1S/C23H22N2O4/c1-16(26)24-20-14-18(12-13-22(20)28-2)25-23(27)15-29-21-11-7-6-10-19(21)17-8-4-3-5-9-17/h3-14H,15H2,1-2H3,(H,24,26)(H,25,27). The zero-order valence-electron chi connectivity index (χ0n) is 16.3. The quantitative estimate of drug-likeness (QED) is 0.629. The number of nitrogens with one attached hydrogen (secondary N) is 2. The summed E-state index contributed by atoms with van der Waals surface area (Å²) in [4.78, 5) is 23.7. The van der Waals surface area contributed by atoms with Gasteiger partial charge in [0.05, 0.1) is 12.8 Å². The molecule has 0 aliphatic heterocycles. The smallest absolute Gasteiger partial charge is 0.262 e. The highest BCUT2D eigenvalue weighted by molar-refractivity contribution is 5.95. The molecule has 3 aromatic rings. The van der Waals surface area contributed by atoms with Crippen molar-refractivity contribution in [3.05, 3.63) is 72.8 Å². The van der Waals surface area contributed by atoms with E-state index in [-0.39, 0.29) is 18.4 Å². The highest BCUT2D eigenvalue weighted by atomic mass is 16.5. The van der Waals surface area contributed by atoms with Crippen molar-refractivity contribution in [2.45, 2.75) is 6.92 Å².